The molecule has 3 heterocycles. The van der Waals surface area contributed by atoms with E-state index in [1.807, 2.05) is 45.0 Å². The van der Waals surface area contributed by atoms with Crippen molar-refractivity contribution >= 4 is 22.0 Å². The summed E-state index contributed by atoms with van der Waals surface area (Å²) >= 11 is 0. The number of methoxy groups -OCH3 is 1. The number of pyridine rings is 1. The molecule has 164 valence electrons. The lowest BCUT2D eigenvalue weighted by Crippen LogP contribution is -2.20. The molecule has 0 aliphatic heterocycles. The second kappa shape index (κ2) is 7.64. The van der Waals surface area contributed by atoms with E-state index in [1.54, 1.807) is 30.0 Å². The van der Waals surface area contributed by atoms with Crippen LogP contribution < -0.4 is 10.5 Å². The van der Waals surface area contributed by atoms with Crippen molar-refractivity contribution < 1.29 is 13.7 Å². The summed E-state index contributed by atoms with van der Waals surface area (Å²) in [6.07, 6.45) is 1.54. The molecule has 0 aliphatic carbocycles. The van der Waals surface area contributed by atoms with Gasteiger partial charge in [0.25, 0.3) is 0 Å². The summed E-state index contributed by atoms with van der Waals surface area (Å²) < 4.78 is 18.1. The third-order valence-electron chi connectivity index (χ3n) is 5.98. The highest BCUT2D eigenvalue weighted by Gasteiger charge is 2.23. The van der Waals surface area contributed by atoms with Crippen LogP contribution in [0.2, 0.25) is 0 Å². The fourth-order valence-corrected chi connectivity index (χ4v) is 4.43. The minimum Gasteiger partial charge on any atom is -0.496 e. The van der Waals surface area contributed by atoms with Gasteiger partial charge in [-0.1, -0.05) is 23.4 Å². The molecule has 0 saturated heterocycles. The third kappa shape index (κ3) is 3.09. The van der Waals surface area contributed by atoms with Crippen molar-refractivity contribution in [2.24, 2.45) is 0 Å². The van der Waals surface area contributed by atoms with Gasteiger partial charge in [-0.3, -0.25) is 9.55 Å². The molecule has 0 saturated carbocycles. The van der Waals surface area contributed by atoms with Gasteiger partial charge in [-0.05, 0) is 44.5 Å². The minimum absolute atomic E-state index is 0.362. The van der Waals surface area contributed by atoms with Crippen LogP contribution in [0.4, 0.5) is 0 Å². The Balaban J connectivity index is 1.82. The summed E-state index contributed by atoms with van der Waals surface area (Å²) in [4.78, 5) is 17.5. The van der Waals surface area contributed by atoms with Crippen molar-refractivity contribution in [1.29, 1.82) is 5.26 Å². The molecule has 0 N–H and O–H groups in total. The van der Waals surface area contributed by atoms with Crippen LogP contribution in [0.5, 0.6) is 5.75 Å². The summed E-state index contributed by atoms with van der Waals surface area (Å²) in [7, 11) is 1.59. The van der Waals surface area contributed by atoms with E-state index in [4.69, 9.17) is 13.7 Å². The predicted molar refractivity (Wildman–Crippen MR) is 122 cm³/mol. The second-order valence-corrected chi connectivity index (χ2v) is 7.85. The average Bonchev–Trinajstić information content (AvgIpc) is 3.35. The topological polar surface area (TPSA) is 107 Å². The smallest absolute Gasteiger partial charge is 0.420 e. The Morgan fingerprint density at radius 3 is 2.70 bits per heavy atom. The van der Waals surface area contributed by atoms with Crippen molar-refractivity contribution in [3.05, 3.63) is 75.7 Å². The highest BCUT2D eigenvalue weighted by molar-refractivity contribution is 6.04. The van der Waals surface area contributed by atoms with Crippen molar-refractivity contribution in [1.82, 2.24) is 14.7 Å². The van der Waals surface area contributed by atoms with Gasteiger partial charge in [0.2, 0.25) is 0 Å². The van der Waals surface area contributed by atoms with Gasteiger partial charge >= 0.3 is 5.76 Å². The van der Waals surface area contributed by atoms with E-state index >= 15 is 0 Å². The standard InChI is InChI=1S/C25H20N4O4/c1-13-23(15(3)33-28-13)19-9-20-18(10-21(19)31-4)24-22(12-27-20)32-25(30)29(24)14(2)17-8-6-5-7-16(17)11-26/h5-10,12,14H,1-4H3/t14-/m1/s1. The first kappa shape index (κ1) is 20.5. The maximum absolute atomic E-state index is 12.9. The zero-order chi connectivity index (χ0) is 23.3. The lowest BCUT2D eigenvalue weighted by atomic mass is 9.99. The highest BCUT2D eigenvalue weighted by Crippen LogP contribution is 2.39. The predicted octanol–water partition coefficient (Wildman–Crippen LogP) is 4.90. The van der Waals surface area contributed by atoms with Crippen LogP contribution >= 0.6 is 0 Å². The Kier molecular flexibility index (Phi) is 4.75. The molecular weight excluding hydrogens is 420 g/mol. The molecule has 0 bridgehead atoms. The lowest BCUT2D eigenvalue weighted by Gasteiger charge is -2.16. The maximum atomic E-state index is 12.9. The molecule has 0 amide bonds. The number of fused-ring (bicyclic) bond motifs is 3. The van der Waals surface area contributed by atoms with E-state index in [-0.39, 0.29) is 0 Å². The van der Waals surface area contributed by atoms with Gasteiger partial charge in [0.15, 0.2) is 5.58 Å². The summed E-state index contributed by atoms with van der Waals surface area (Å²) in [5.74, 6) is 0.748. The number of oxazole rings is 1. The van der Waals surface area contributed by atoms with Gasteiger partial charge in [0.1, 0.15) is 17.0 Å². The SMILES string of the molecule is COc1cc2c(cc1-c1c(C)noc1C)ncc1oc(=O)n([C@H](C)c3ccccc3C#N)c12. The molecule has 8 nitrogen and oxygen atoms in total. The Hall–Kier alpha value is -4.38. The summed E-state index contributed by atoms with van der Waals surface area (Å²) in [5.41, 5.74) is 5.23. The molecule has 3 aromatic heterocycles. The zero-order valence-corrected chi connectivity index (χ0v) is 18.5. The van der Waals surface area contributed by atoms with Gasteiger partial charge in [0.05, 0.1) is 47.8 Å². The van der Waals surface area contributed by atoms with Crippen LogP contribution in [0.25, 0.3) is 33.1 Å². The molecule has 1 atom stereocenters. The first-order valence-corrected chi connectivity index (χ1v) is 10.4. The maximum Gasteiger partial charge on any atom is 0.420 e. The van der Waals surface area contributed by atoms with Crippen molar-refractivity contribution in [3.63, 3.8) is 0 Å². The van der Waals surface area contributed by atoms with Gasteiger partial charge in [-0.25, -0.2) is 4.79 Å². The number of nitrogens with zero attached hydrogens (tertiary/aromatic N) is 4. The van der Waals surface area contributed by atoms with Crippen LogP contribution in [0.15, 0.2) is 56.3 Å². The first-order chi connectivity index (χ1) is 15.9. The van der Waals surface area contributed by atoms with Crippen LogP contribution in [0, 0.1) is 25.2 Å². The average molecular weight is 440 g/mol. The van der Waals surface area contributed by atoms with Gasteiger partial charge in [-0.15, -0.1) is 0 Å². The van der Waals surface area contributed by atoms with Crippen LogP contribution in [-0.4, -0.2) is 21.8 Å². The molecule has 0 fully saturated rings. The van der Waals surface area contributed by atoms with Gasteiger partial charge in [0, 0.05) is 10.9 Å². The molecule has 0 spiro atoms. The summed E-state index contributed by atoms with van der Waals surface area (Å²) in [6, 6.07) is 12.7. The number of ether oxygens (including phenoxy) is 1. The highest BCUT2D eigenvalue weighted by atomic mass is 16.5. The molecular formula is C25H20N4O4. The molecule has 5 rings (SSSR count). The largest absolute Gasteiger partial charge is 0.496 e. The van der Waals surface area contributed by atoms with E-state index in [0.29, 0.717) is 39.1 Å². The molecule has 33 heavy (non-hydrogen) atoms. The van der Waals surface area contributed by atoms with Crippen LogP contribution in [-0.2, 0) is 0 Å². The number of hydrogen-bond acceptors (Lipinski definition) is 7. The second-order valence-electron chi connectivity index (χ2n) is 7.85. The van der Waals surface area contributed by atoms with E-state index in [0.717, 1.165) is 22.4 Å². The van der Waals surface area contributed by atoms with Crippen LogP contribution in [0.3, 0.4) is 0 Å². The Morgan fingerprint density at radius 2 is 2.00 bits per heavy atom. The lowest BCUT2D eigenvalue weighted by molar-refractivity contribution is 0.393. The van der Waals surface area contributed by atoms with Crippen molar-refractivity contribution in [2.75, 3.05) is 7.11 Å². The monoisotopic (exact) mass is 440 g/mol. The van der Waals surface area contributed by atoms with Crippen molar-refractivity contribution in [2.45, 2.75) is 26.8 Å². The molecule has 0 aliphatic rings. The fraction of sp³-hybridized carbons (Fsp3) is 0.200. The Bertz CT molecular complexity index is 1620. The molecule has 2 aromatic carbocycles. The Labute approximate surface area is 188 Å². The van der Waals surface area contributed by atoms with E-state index in [9.17, 15) is 10.1 Å². The third-order valence-corrected chi connectivity index (χ3v) is 5.98. The molecule has 0 radical (unpaired) electrons. The minimum atomic E-state index is -0.520. The number of aromatic nitrogens is 3. The number of rotatable bonds is 4. The van der Waals surface area contributed by atoms with E-state index in [2.05, 4.69) is 16.2 Å². The number of benzene rings is 2. The zero-order valence-electron chi connectivity index (χ0n) is 18.5. The van der Waals surface area contributed by atoms with Crippen molar-refractivity contribution in [3.8, 4) is 22.9 Å². The number of hydrogen-bond donors (Lipinski definition) is 0. The number of aryl methyl sites for hydroxylation is 2. The van der Waals surface area contributed by atoms with Crippen LogP contribution in [0.1, 0.15) is 35.5 Å². The Morgan fingerprint density at radius 1 is 1.21 bits per heavy atom. The molecule has 5 aromatic rings. The van der Waals surface area contributed by atoms with Gasteiger partial charge in [-0.2, -0.15) is 5.26 Å². The quantitative estimate of drug-likeness (QED) is 0.391. The molecule has 8 heteroatoms. The first-order valence-electron chi connectivity index (χ1n) is 10.4. The summed E-state index contributed by atoms with van der Waals surface area (Å²) in [6.45, 7) is 5.58. The number of nitriles is 1. The summed E-state index contributed by atoms with van der Waals surface area (Å²) in [5, 5.41) is 14.3. The van der Waals surface area contributed by atoms with E-state index < -0.39 is 11.8 Å². The van der Waals surface area contributed by atoms with E-state index in [1.165, 1.54) is 0 Å². The fourth-order valence-electron chi connectivity index (χ4n) is 4.43. The molecule has 0 unspecified atom stereocenters. The normalized spacial score (nSPS) is 12.2. The van der Waals surface area contributed by atoms with Gasteiger partial charge < -0.3 is 13.7 Å².